The van der Waals surface area contributed by atoms with Crippen molar-refractivity contribution in [2.45, 2.75) is 42.7 Å². The van der Waals surface area contributed by atoms with Crippen LogP contribution in [0.4, 0.5) is 0 Å². The van der Waals surface area contributed by atoms with Crippen molar-refractivity contribution in [2.24, 2.45) is 0 Å². The second-order valence-corrected chi connectivity index (χ2v) is 9.63. The molecule has 2 aromatic rings. The van der Waals surface area contributed by atoms with E-state index in [9.17, 15) is 23.1 Å². The van der Waals surface area contributed by atoms with Gasteiger partial charge in [-0.3, -0.25) is 9.59 Å². The minimum absolute atomic E-state index is 0.0310. The van der Waals surface area contributed by atoms with Gasteiger partial charge in [0.2, 0.25) is 15.9 Å². The number of amides is 1. The zero-order valence-corrected chi connectivity index (χ0v) is 18.9. The van der Waals surface area contributed by atoms with Gasteiger partial charge in [0.25, 0.3) is 0 Å². The number of hydrogen-bond donors (Lipinski definition) is 3. The van der Waals surface area contributed by atoms with Gasteiger partial charge in [-0.1, -0.05) is 35.9 Å². The van der Waals surface area contributed by atoms with Gasteiger partial charge in [-0.25, -0.2) is 8.42 Å². The Kier molecular flexibility index (Phi) is 8.25. The van der Waals surface area contributed by atoms with Crippen LogP contribution in [0, 0.1) is 0 Å². The van der Waals surface area contributed by atoms with E-state index in [1.807, 2.05) is 12.1 Å². The number of sulfonamides is 1. The molecule has 0 saturated carbocycles. The van der Waals surface area contributed by atoms with Crippen LogP contribution >= 0.6 is 11.6 Å². The molecule has 0 spiro atoms. The average Bonchev–Trinajstić information content (AvgIpc) is 3.31. The number of rotatable bonds is 10. The van der Waals surface area contributed by atoms with Crippen molar-refractivity contribution in [3.05, 3.63) is 53.6 Å². The highest BCUT2D eigenvalue weighted by atomic mass is 35.5. The number of carboxylic acid groups (broad SMARTS) is 1. The largest absolute Gasteiger partial charge is 0.480 e. The highest BCUT2D eigenvalue weighted by Crippen LogP contribution is 2.23. The minimum atomic E-state index is -4.04. The van der Waals surface area contributed by atoms with Crippen LogP contribution in [-0.4, -0.2) is 50.7 Å². The minimum Gasteiger partial charge on any atom is -0.480 e. The molecule has 1 fully saturated rings. The van der Waals surface area contributed by atoms with E-state index in [0.717, 1.165) is 17.5 Å². The molecule has 3 N–H and O–H groups in total. The summed E-state index contributed by atoms with van der Waals surface area (Å²) in [5.41, 5.74) is 1.68. The first-order valence-electron chi connectivity index (χ1n) is 10.3. The van der Waals surface area contributed by atoms with Crippen LogP contribution in [0.3, 0.4) is 0 Å². The smallest absolute Gasteiger partial charge is 0.321 e. The predicted molar refractivity (Wildman–Crippen MR) is 120 cm³/mol. The summed E-state index contributed by atoms with van der Waals surface area (Å²) in [5.74, 6) is -1.51. The molecule has 1 saturated heterocycles. The third-order valence-electron chi connectivity index (χ3n) is 5.13. The molecule has 10 heteroatoms. The van der Waals surface area contributed by atoms with Crippen molar-refractivity contribution in [3.8, 4) is 11.1 Å². The van der Waals surface area contributed by atoms with Crippen molar-refractivity contribution < 1.29 is 27.9 Å². The Labute approximate surface area is 192 Å². The molecule has 1 amide bonds. The Morgan fingerprint density at radius 2 is 1.72 bits per heavy atom. The van der Waals surface area contributed by atoms with Gasteiger partial charge in [-0.2, -0.15) is 4.72 Å². The number of carboxylic acids is 1. The van der Waals surface area contributed by atoms with Crippen LogP contribution in [0.2, 0.25) is 5.02 Å². The standard InChI is InChI=1S/C22H25ClN2O6S/c23-17-9-5-15(6-10-17)16-7-11-18(12-8-16)32(29,30)25-19(22(27)28)3-1-13-24-21(26)20-4-2-14-31-20/h5-12,19-20,25H,1-4,13-14H2,(H,24,26)(H,27,28). The number of carbonyl (C=O) groups excluding carboxylic acids is 1. The third kappa shape index (κ3) is 6.52. The summed E-state index contributed by atoms with van der Waals surface area (Å²) >= 11 is 5.89. The van der Waals surface area contributed by atoms with Crippen LogP contribution in [-0.2, 0) is 24.3 Å². The first-order chi connectivity index (χ1) is 15.3. The first kappa shape index (κ1) is 24.2. The number of hydrogen-bond acceptors (Lipinski definition) is 5. The summed E-state index contributed by atoms with van der Waals surface area (Å²) in [7, 11) is -4.04. The fourth-order valence-corrected chi connectivity index (χ4v) is 4.72. The van der Waals surface area contributed by atoms with E-state index in [0.29, 0.717) is 24.5 Å². The Balaban J connectivity index is 1.56. The highest BCUT2D eigenvalue weighted by Gasteiger charge is 2.26. The van der Waals surface area contributed by atoms with Gasteiger partial charge >= 0.3 is 5.97 Å². The van der Waals surface area contributed by atoms with Crippen LogP contribution in [0.1, 0.15) is 25.7 Å². The zero-order chi connectivity index (χ0) is 23.1. The lowest BCUT2D eigenvalue weighted by atomic mass is 10.1. The quantitative estimate of drug-likeness (QED) is 0.449. The molecule has 1 heterocycles. The summed E-state index contributed by atoms with van der Waals surface area (Å²) in [4.78, 5) is 23.4. The number of benzene rings is 2. The van der Waals surface area contributed by atoms with Crippen LogP contribution in [0.15, 0.2) is 53.4 Å². The monoisotopic (exact) mass is 480 g/mol. The Bertz CT molecular complexity index is 1040. The summed E-state index contributed by atoms with van der Waals surface area (Å²) < 4.78 is 32.9. The van der Waals surface area contributed by atoms with E-state index in [1.165, 1.54) is 12.1 Å². The molecule has 0 radical (unpaired) electrons. The van der Waals surface area contributed by atoms with E-state index in [1.54, 1.807) is 24.3 Å². The molecule has 0 aliphatic carbocycles. The van der Waals surface area contributed by atoms with Gasteiger partial charge in [0.15, 0.2) is 0 Å². The molecule has 2 aromatic carbocycles. The number of carbonyl (C=O) groups is 2. The summed E-state index contributed by atoms with van der Waals surface area (Å²) in [6, 6.07) is 12.0. The Morgan fingerprint density at radius 1 is 1.09 bits per heavy atom. The number of aliphatic carboxylic acids is 1. The zero-order valence-electron chi connectivity index (χ0n) is 17.3. The second kappa shape index (κ2) is 10.9. The van der Waals surface area contributed by atoms with Crippen LogP contribution < -0.4 is 10.0 Å². The molecule has 2 atom stereocenters. The molecule has 1 aliphatic heterocycles. The van der Waals surface area contributed by atoms with Crippen molar-refractivity contribution in [2.75, 3.05) is 13.2 Å². The average molecular weight is 481 g/mol. The Morgan fingerprint density at radius 3 is 2.28 bits per heavy atom. The Hall–Kier alpha value is -2.46. The lowest BCUT2D eigenvalue weighted by molar-refractivity contribution is -0.139. The third-order valence-corrected chi connectivity index (χ3v) is 6.87. The van der Waals surface area contributed by atoms with E-state index < -0.39 is 28.1 Å². The fourth-order valence-electron chi connectivity index (χ4n) is 3.37. The number of ether oxygens (including phenoxy) is 1. The highest BCUT2D eigenvalue weighted by molar-refractivity contribution is 7.89. The van der Waals surface area contributed by atoms with Gasteiger partial charge < -0.3 is 15.2 Å². The van der Waals surface area contributed by atoms with Crippen molar-refractivity contribution in [1.29, 1.82) is 0 Å². The molecule has 8 nitrogen and oxygen atoms in total. The SMILES string of the molecule is O=C(O)C(CCCNC(=O)C1CCCO1)NS(=O)(=O)c1ccc(-c2ccc(Cl)cc2)cc1. The maximum absolute atomic E-state index is 12.7. The van der Waals surface area contributed by atoms with Crippen LogP contribution in [0.25, 0.3) is 11.1 Å². The summed E-state index contributed by atoms with van der Waals surface area (Å²) in [6.07, 6.45) is 1.37. The molecule has 32 heavy (non-hydrogen) atoms. The molecule has 2 unspecified atom stereocenters. The van der Waals surface area contributed by atoms with Crippen molar-refractivity contribution in [1.82, 2.24) is 10.0 Å². The van der Waals surface area contributed by atoms with Crippen molar-refractivity contribution in [3.63, 3.8) is 0 Å². The second-order valence-electron chi connectivity index (χ2n) is 7.48. The number of nitrogens with one attached hydrogen (secondary N) is 2. The van der Waals surface area contributed by atoms with Gasteiger partial charge in [-0.05, 0) is 61.1 Å². The molecular weight excluding hydrogens is 456 g/mol. The maximum Gasteiger partial charge on any atom is 0.321 e. The van der Waals surface area contributed by atoms with Gasteiger partial charge in [0, 0.05) is 18.2 Å². The summed E-state index contributed by atoms with van der Waals surface area (Å²) in [6.45, 7) is 0.793. The van der Waals surface area contributed by atoms with E-state index in [-0.39, 0.29) is 23.8 Å². The van der Waals surface area contributed by atoms with Gasteiger partial charge in [0.05, 0.1) is 4.90 Å². The first-order valence-corrected chi connectivity index (χ1v) is 12.1. The molecule has 3 rings (SSSR count). The molecular formula is C22H25ClN2O6S. The van der Waals surface area contributed by atoms with Crippen molar-refractivity contribution >= 4 is 33.5 Å². The lowest BCUT2D eigenvalue weighted by Gasteiger charge is -2.16. The van der Waals surface area contributed by atoms with Crippen LogP contribution in [0.5, 0.6) is 0 Å². The molecule has 172 valence electrons. The maximum atomic E-state index is 12.7. The predicted octanol–water partition coefficient (Wildman–Crippen LogP) is 2.81. The fraction of sp³-hybridized carbons (Fsp3) is 0.364. The molecule has 0 bridgehead atoms. The normalized spacial score (nSPS) is 17.1. The summed E-state index contributed by atoms with van der Waals surface area (Å²) in [5, 5.41) is 12.7. The van der Waals surface area contributed by atoms with E-state index in [2.05, 4.69) is 10.0 Å². The lowest BCUT2D eigenvalue weighted by Crippen LogP contribution is -2.41. The molecule has 1 aliphatic rings. The van der Waals surface area contributed by atoms with Gasteiger partial charge in [0.1, 0.15) is 12.1 Å². The topological polar surface area (TPSA) is 122 Å². The molecule has 0 aromatic heterocycles. The van der Waals surface area contributed by atoms with Gasteiger partial charge in [-0.15, -0.1) is 0 Å². The number of halogens is 1. The van der Waals surface area contributed by atoms with E-state index >= 15 is 0 Å². The van der Waals surface area contributed by atoms with E-state index in [4.69, 9.17) is 16.3 Å².